The maximum Gasteiger partial charge on any atom is 0.573 e. The summed E-state index contributed by atoms with van der Waals surface area (Å²) in [4.78, 5) is 53.0. The van der Waals surface area contributed by atoms with Gasteiger partial charge in [0.15, 0.2) is 0 Å². The number of amides is 3. The number of rotatable bonds is 9. The van der Waals surface area contributed by atoms with Gasteiger partial charge in [-0.25, -0.2) is 4.39 Å². The molecule has 2 N–H and O–H groups in total. The zero-order chi connectivity index (χ0) is 38.0. The van der Waals surface area contributed by atoms with Crippen LogP contribution in [-0.2, 0) is 27.9 Å². The van der Waals surface area contributed by atoms with Crippen molar-refractivity contribution in [1.82, 2.24) is 19.7 Å². The number of benzene rings is 2. The number of imide groups is 1. The Morgan fingerprint density at radius 2 is 1.66 bits per heavy atom. The van der Waals surface area contributed by atoms with Gasteiger partial charge in [0, 0.05) is 49.6 Å². The van der Waals surface area contributed by atoms with E-state index in [2.05, 4.69) is 20.3 Å². The third-order valence-corrected chi connectivity index (χ3v) is 11.0. The second-order valence-corrected chi connectivity index (χ2v) is 14.5. The van der Waals surface area contributed by atoms with Gasteiger partial charge < -0.3 is 19.5 Å². The van der Waals surface area contributed by atoms with Crippen molar-refractivity contribution in [2.45, 2.75) is 77.1 Å². The molecule has 1 unspecified atom stereocenters. The lowest BCUT2D eigenvalue weighted by molar-refractivity contribution is -0.274. The van der Waals surface area contributed by atoms with Gasteiger partial charge in [0.2, 0.25) is 17.7 Å². The van der Waals surface area contributed by atoms with Crippen LogP contribution >= 0.6 is 0 Å². The van der Waals surface area contributed by atoms with Crippen LogP contribution in [0.15, 0.2) is 47.4 Å². The molecule has 0 aliphatic carbocycles. The van der Waals surface area contributed by atoms with Gasteiger partial charge in [-0.2, -0.15) is 0 Å². The van der Waals surface area contributed by atoms with E-state index in [4.69, 9.17) is 0 Å². The number of nitrogens with one attached hydrogen (secondary N) is 2. The van der Waals surface area contributed by atoms with Gasteiger partial charge >= 0.3 is 6.36 Å². The van der Waals surface area contributed by atoms with Gasteiger partial charge in [-0.05, 0) is 118 Å². The van der Waals surface area contributed by atoms with Crippen LogP contribution in [0.25, 0.3) is 11.1 Å². The minimum Gasteiger partial charge on any atom is -0.405 e. The number of piperidine rings is 3. The first-order valence-corrected chi connectivity index (χ1v) is 18.1. The zero-order valence-electron chi connectivity index (χ0n) is 30.2. The van der Waals surface area contributed by atoms with Crippen LogP contribution in [0.3, 0.4) is 0 Å². The summed E-state index contributed by atoms with van der Waals surface area (Å²) in [5, 5.41) is 5.29. The Morgan fingerprint density at radius 1 is 0.943 bits per heavy atom. The second-order valence-electron chi connectivity index (χ2n) is 14.5. The number of anilines is 1. The molecule has 0 radical (unpaired) electrons. The number of aromatic nitrogens is 1. The van der Waals surface area contributed by atoms with Crippen LogP contribution in [0.1, 0.15) is 66.7 Å². The molecule has 0 saturated carbocycles. The van der Waals surface area contributed by atoms with Crippen molar-refractivity contribution in [3.05, 3.63) is 81.0 Å². The van der Waals surface area contributed by atoms with Crippen molar-refractivity contribution < 1.29 is 36.7 Å². The van der Waals surface area contributed by atoms with Gasteiger partial charge in [-0.3, -0.25) is 29.4 Å². The van der Waals surface area contributed by atoms with Crippen molar-refractivity contribution in [1.29, 1.82) is 0 Å². The summed E-state index contributed by atoms with van der Waals surface area (Å²) in [7, 11) is 1.61. The van der Waals surface area contributed by atoms with E-state index in [0.29, 0.717) is 90.9 Å². The fourth-order valence-electron chi connectivity index (χ4n) is 7.75. The Hall–Kier alpha value is -4.72. The minimum atomic E-state index is -4.87. The molecule has 53 heavy (non-hydrogen) atoms. The number of alkyl halides is 3. The third-order valence-electron chi connectivity index (χ3n) is 11.0. The van der Waals surface area contributed by atoms with Gasteiger partial charge in [-0.1, -0.05) is 18.2 Å². The standard InChI is InChI=1S/C39H45F4N5O5/c1-23-24(2)38(52)46(3)21-31(23)27-4-5-28(34(19-27)53-39(41,42)43)18-25-10-14-47(15-11-25)22-36(50)48-16-12-26(13-17-48)30-7-6-29(20-32(30)40)44-33-8-9-35(49)45-37(33)51/h4-7,19-21,25-26,33,44H,8-18,22H2,1-3H3,(H,45,49,51). The molecule has 3 aliphatic heterocycles. The first-order chi connectivity index (χ1) is 25.1. The maximum absolute atomic E-state index is 15.2. The van der Waals surface area contributed by atoms with Gasteiger partial charge in [0.1, 0.15) is 17.6 Å². The highest BCUT2D eigenvalue weighted by molar-refractivity contribution is 6.01. The number of pyridine rings is 1. The highest BCUT2D eigenvalue weighted by atomic mass is 19.4. The number of nitrogens with zero attached hydrogens (tertiary/aromatic N) is 3. The fourth-order valence-corrected chi connectivity index (χ4v) is 7.75. The second kappa shape index (κ2) is 15.7. The van der Waals surface area contributed by atoms with E-state index in [0.717, 1.165) is 12.8 Å². The monoisotopic (exact) mass is 739 g/mol. The summed E-state index contributed by atoms with van der Waals surface area (Å²) in [6, 6.07) is 9.07. The number of hydrogen-bond donors (Lipinski definition) is 2. The van der Waals surface area contributed by atoms with Crippen LogP contribution < -0.4 is 20.9 Å². The van der Waals surface area contributed by atoms with E-state index in [1.54, 1.807) is 51.4 Å². The SMILES string of the molecule is Cc1c(-c2ccc(CC3CCN(CC(=O)N4CCC(c5ccc(NC6CCC(=O)NC6=O)cc5F)CC4)CC3)c(OC(F)(F)F)c2)cn(C)c(=O)c1C. The van der Waals surface area contributed by atoms with Gasteiger partial charge in [-0.15, -0.1) is 13.2 Å². The molecule has 14 heteroatoms. The molecule has 3 aliphatic rings. The number of carbonyl (C=O) groups excluding carboxylic acids is 3. The first-order valence-electron chi connectivity index (χ1n) is 18.1. The summed E-state index contributed by atoms with van der Waals surface area (Å²) in [5.74, 6) is -1.29. The van der Waals surface area contributed by atoms with Crippen molar-refractivity contribution >= 4 is 23.4 Å². The fraction of sp³-hybridized carbons (Fsp3) is 0.487. The highest BCUT2D eigenvalue weighted by Crippen LogP contribution is 2.36. The van der Waals surface area contributed by atoms with Crippen LogP contribution in [0, 0.1) is 25.6 Å². The number of hydrogen-bond acceptors (Lipinski definition) is 7. The smallest absolute Gasteiger partial charge is 0.405 e. The molecule has 3 amide bonds. The lowest BCUT2D eigenvalue weighted by Crippen LogP contribution is -2.47. The predicted octanol–water partition coefficient (Wildman–Crippen LogP) is 5.58. The Labute approximate surface area is 305 Å². The summed E-state index contributed by atoms with van der Waals surface area (Å²) >= 11 is 0. The summed E-state index contributed by atoms with van der Waals surface area (Å²) in [5.41, 5.74) is 3.76. The van der Waals surface area contributed by atoms with E-state index >= 15 is 4.39 Å². The number of likely N-dealkylation sites (tertiary alicyclic amines) is 2. The molecule has 3 aromatic rings. The molecular formula is C39H45F4N5O5. The maximum atomic E-state index is 15.2. The van der Waals surface area contributed by atoms with Gasteiger partial charge in [0.25, 0.3) is 5.56 Å². The molecular weight excluding hydrogens is 694 g/mol. The normalized spacial score (nSPS) is 19.3. The molecule has 3 fully saturated rings. The van der Waals surface area contributed by atoms with Crippen molar-refractivity contribution in [2.75, 3.05) is 38.0 Å². The Kier molecular flexibility index (Phi) is 11.3. The molecule has 1 atom stereocenters. The third kappa shape index (κ3) is 9.09. The van der Waals surface area contributed by atoms with E-state index in [9.17, 15) is 32.3 Å². The summed E-state index contributed by atoms with van der Waals surface area (Å²) in [6.45, 7) is 6.02. The molecule has 2 aromatic carbocycles. The van der Waals surface area contributed by atoms with E-state index in [-0.39, 0.29) is 53.7 Å². The largest absolute Gasteiger partial charge is 0.573 e. The van der Waals surface area contributed by atoms with Crippen molar-refractivity contribution in [3.8, 4) is 16.9 Å². The van der Waals surface area contributed by atoms with E-state index < -0.39 is 18.3 Å². The number of carbonyl (C=O) groups is 3. The Balaban J connectivity index is 0.996. The van der Waals surface area contributed by atoms with E-state index in [1.165, 1.54) is 16.7 Å². The lowest BCUT2D eigenvalue weighted by Gasteiger charge is -2.36. The molecule has 1 aromatic heterocycles. The van der Waals surface area contributed by atoms with Crippen LogP contribution in [0.4, 0.5) is 23.2 Å². The topological polar surface area (TPSA) is 113 Å². The molecule has 0 bridgehead atoms. The molecule has 10 nitrogen and oxygen atoms in total. The van der Waals surface area contributed by atoms with Crippen LogP contribution in [0.5, 0.6) is 5.75 Å². The molecule has 6 rings (SSSR count). The summed E-state index contributed by atoms with van der Waals surface area (Å²) in [6.07, 6.45) is 0.399. The lowest BCUT2D eigenvalue weighted by atomic mass is 9.88. The quantitative estimate of drug-likeness (QED) is 0.218. The van der Waals surface area contributed by atoms with Crippen LogP contribution in [-0.4, -0.2) is 77.2 Å². The molecule has 3 saturated heterocycles. The Morgan fingerprint density at radius 3 is 2.32 bits per heavy atom. The molecule has 4 heterocycles. The predicted molar refractivity (Wildman–Crippen MR) is 191 cm³/mol. The summed E-state index contributed by atoms with van der Waals surface area (Å²) < 4.78 is 61.6. The van der Waals surface area contributed by atoms with Crippen molar-refractivity contribution in [3.63, 3.8) is 0 Å². The zero-order valence-corrected chi connectivity index (χ0v) is 30.2. The van der Waals surface area contributed by atoms with Crippen LogP contribution in [0.2, 0.25) is 0 Å². The average Bonchev–Trinajstić information content (AvgIpc) is 3.11. The number of aryl methyl sites for hydroxylation is 1. The molecule has 284 valence electrons. The van der Waals surface area contributed by atoms with E-state index in [1.807, 2.05) is 4.90 Å². The Bertz CT molecular complexity index is 1930. The van der Waals surface area contributed by atoms with Gasteiger partial charge in [0.05, 0.1) is 6.54 Å². The highest BCUT2D eigenvalue weighted by Gasteiger charge is 2.34. The minimum absolute atomic E-state index is 0.00607. The number of halogens is 4. The number of ether oxygens (including phenoxy) is 1. The molecule has 0 spiro atoms. The van der Waals surface area contributed by atoms with Crippen molar-refractivity contribution in [2.24, 2.45) is 13.0 Å². The average molecular weight is 740 g/mol. The first kappa shape index (κ1) is 38.0.